The molecular formula is C18H20ClNO. The lowest BCUT2D eigenvalue weighted by Gasteiger charge is -2.11. The Balaban J connectivity index is 1.71. The molecule has 1 saturated carbocycles. The van der Waals surface area contributed by atoms with E-state index >= 15 is 0 Å². The second kappa shape index (κ2) is 6.08. The normalized spacial score (nSPS) is 14.2. The van der Waals surface area contributed by atoms with Crippen molar-refractivity contribution in [3.05, 3.63) is 58.1 Å². The van der Waals surface area contributed by atoms with Crippen molar-refractivity contribution in [2.45, 2.75) is 39.3 Å². The molecule has 2 nitrogen and oxygen atoms in total. The molecule has 0 aromatic heterocycles. The zero-order valence-corrected chi connectivity index (χ0v) is 13.2. The highest BCUT2D eigenvalue weighted by molar-refractivity contribution is 6.31. The van der Waals surface area contributed by atoms with Crippen molar-refractivity contribution >= 4 is 11.6 Å². The molecule has 0 bridgehead atoms. The van der Waals surface area contributed by atoms with Gasteiger partial charge in [-0.3, -0.25) is 0 Å². The molecular weight excluding hydrogens is 282 g/mol. The maximum absolute atomic E-state index is 6.34. The summed E-state index contributed by atoms with van der Waals surface area (Å²) in [6, 6.07) is 12.8. The summed E-state index contributed by atoms with van der Waals surface area (Å²) in [7, 11) is 0. The van der Waals surface area contributed by atoms with Crippen LogP contribution in [-0.2, 0) is 6.54 Å². The van der Waals surface area contributed by atoms with Crippen LogP contribution < -0.4 is 10.1 Å². The number of aryl methyl sites for hydroxylation is 2. The monoisotopic (exact) mass is 301 g/mol. The van der Waals surface area contributed by atoms with Crippen LogP contribution in [0.5, 0.6) is 11.5 Å². The molecule has 1 aliphatic carbocycles. The molecule has 2 aromatic carbocycles. The molecule has 0 spiro atoms. The highest BCUT2D eigenvalue weighted by Gasteiger charge is 2.20. The number of hydrogen-bond donors (Lipinski definition) is 1. The van der Waals surface area contributed by atoms with Gasteiger partial charge in [0.2, 0.25) is 0 Å². The van der Waals surface area contributed by atoms with Gasteiger partial charge in [0.15, 0.2) is 0 Å². The van der Waals surface area contributed by atoms with Crippen molar-refractivity contribution in [3.63, 3.8) is 0 Å². The Morgan fingerprint density at radius 3 is 2.62 bits per heavy atom. The first kappa shape index (κ1) is 14.4. The van der Waals surface area contributed by atoms with Gasteiger partial charge in [-0.2, -0.15) is 0 Å². The van der Waals surface area contributed by atoms with E-state index in [1.54, 1.807) is 0 Å². The zero-order chi connectivity index (χ0) is 14.8. The lowest BCUT2D eigenvalue weighted by molar-refractivity contribution is 0.478. The summed E-state index contributed by atoms with van der Waals surface area (Å²) < 4.78 is 5.93. The number of halogens is 1. The van der Waals surface area contributed by atoms with E-state index in [4.69, 9.17) is 16.3 Å². The molecule has 0 aliphatic heterocycles. The highest BCUT2D eigenvalue weighted by atomic mass is 35.5. The van der Waals surface area contributed by atoms with E-state index in [2.05, 4.69) is 31.3 Å². The molecule has 3 heteroatoms. The van der Waals surface area contributed by atoms with Crippen LogP contribution in [0.3, 0.4) is 0 Å². The van der Waals surface area contributed by atoms with Crippen LogP contribution in [0.1, 0.15) is 29.5 Å². The molecule has 1 aliphatic rings. The molecule has 1 N–H and O–H groups in total. The van der Waals surface area contributed by atoms with E-state index in [-0.39, 0.29) is 0 Å². The summed E-state index contributed by atoms with van der Waals surface area (Å²) in [5.41, 5.74) is 3.49. The highest BCUT2D eigenvalue weighted by Crippen LogP contribution is 2.29. The second-order valence-corrected chi connectivity index (χ2v) is 6.19. The third-order valence-corrected chi connectivity index (χ3v) is 4.09. The van der Waals surface area contributed by atoms with Crippen LogP contribution in [0.15, 0.2) is 36.4 Å². The summed E-state index contributed by atoms with van der Waals surface area (Å²) in [4.78, 5) is 0. The third kappa shape index (κ3) is 3.78. The molecule has 110 valence electrons. The number of rotatable bonds is 5. The van der Waals surface area contributed by atoms with E-state index < -0.39 is 0 Å². The minimum absolute atomic E-state index is 0.687. The Labute approximate surface area is 131 Å². The zero-order valence-electron chi connectivity index (χ0n) is 12.4. The van der Waals surface area contributed by atoms with Gasteiger partial charge < -0.3 is 10.1 Å². The number of hydrogen-bond acceptors (Lipinski definition) is 2. The van der Waals surface area contributed by atoms with E-state index in [1.807, 2.05) is 24.3 Å². The largest absolute Gasteiger partial charge is 0.457 e. The van der Waals surface area contributed by atoms with Crippen molar-refractivity contribution in [3.8, 4) is 11.5 Å². The molecule has 2 aromatic rings. The Bertz CT molecular complexity index is 650. The molecule has 1 fully saturated rings. The predicted octanol–water partition coefficient (Wildman–Crippen LogP) is 5.00. The quantitative estimate of drug-likeness (QED) is 0.839. The van der Waals surface area contributed by atoms with Crippen molar-refractivity contribution in [2.75, 3.05) is 0 Å². The van der Waals surface area contributed by atoms with Crippen LogP contribution in [0.2, 0.25) is 5.02 Å². The van der Waals surface area contributed by atoms with Gasteiger partial charge in [0.25, 0.3) is 0 Å². The molecule has 21 heavy (non-hydrogen) atoms. The molecule has 0 radical (unpaired) electrons. The Kier molecular flexibility index (Phi) is 4.18. The van der Waals surface area contributed by atoms with Gasteiger partial charge in [-0.05, 0) is 56.0 Å². The van der Waals surface area contributed by atoms with Crippen molar-refractivity contribution in [1.29, 1.82) is 0 Å². The van der Waals surface area contributed by atoms with Gasteiger partial charge in [0, 0.05) is 17.6 Å². The van der Waals surface area contributed by atoms with Gasteiger partial charge in [0.05, 0.1) is 0 Å². The van der Waals surface area contributed by atoms with Crippen LogP contribution in [-0.4, -0.2) is 6.04 Å². The molecule has 0 heterocycles. The van der Waals surface area contributed by atoms with E-state index in [9.17, 15) is 0 Å². The second-order valence-electron chi connectivity index (χ2n) is 5.78. The summed E-state index contributed by atoms with van der Waals surface area (Å²) in [5.74, 6) is 1.66. The van der Waals surface area contributed by atoms with Crippen LogP contribution in [0.4, 0.5) is 0 Å². The summed E-state index contributed by atoms with van der Waals surface area (Å²) >= 11 is 6.34. The lowest BCUT2D eigenvalue weighted by Crippen LogP contribution is -2.15. The fourth-order valence-corrected chi connectivity index (χ4v) is 2.55. The van der Waals surface area contributed by atoms with Gasteiger partial charge in [0.1, 0.15) is 11.5 Å². The molecule has 0 unspecified atom stereocenters. The summed E-state index contributed by atoms with van der Waals surface area (Å²) in [6.45, 7) is 4.96. The van der Waals surface area contributed by atoms with Crippen molar-refractivity contribution in [1.82, 2.24) is 5.32 Å². The summed E-state index contributed by atoms with van der Waals surface area (Å²) in [6.07, 6.45) is 2.57. The summed E-state index contributed by atoms with van der Waals surface area (Å²) in [5, 5.41) is 4.23. The van der Waals surface area contributed by atoms with Crippen molar-refractivity contribution < 1.29 is 4.74 Å². The SMILES string of the molecule is Cc1ccc(Oc2ccc(CNC3CC3)c(Cl)c2)c(C)c1. The standard InChI is InChI=1S/C18H20ClNO/c1-12-3-8-18(13(2)9-12)21-16-7-4-14(17(19)10-16)11-20-15-5-6-15/h3-4,7-10,15,20H,5-6,11H2,1-2H3. The Morgan fingerprint density at radius 1 is 1.14 bits per heavy atom. The fraction of sp³-hybridized carbons (Fsp3) is 0.333. The van der Waals surface area contributed by atoms with Gasteiger partial charge in [-0.25, -0.2) is 0 Å². The number of benzene rings is 2. The molecule has 0 atom stereocenters. The Morgan fingerprint density at radius 2 is 1.95 bits per heavy atom. The predicted molar refractivity (Wildman–Crippen MR) is 87.3 cm³/mol. The van der Waals surface area contributed by atoms with Crippen LogP contribution in [0, 0.1) is 13.8 Å². The Hall–Kier alpha value is -1.51. The number of nitrogens with one attached hydrogen (secondary N) is 1. The van der Waals surface area contributed by atoms with E-state index in [0.717, 1.165) is 34.2 Å². The van der Waals surface area contributed by atoms with E-state index in [0.29, 0.717) is 6.04 Å². The average molecular weight is 302 g/mol. The van der Waals surface area contributed by atoms with Crippen LogP contribution in [0.25, 0.3) is 0 Å². The topological polar surface area (TPSA) is 21.3 Å². The average Bonchev–Trinajstić information content (AvgIpc) is 3.25. The smallest absolute Gasteiger partial charge is 0.130 e. The van der Waals surface area contributed by atoms with Gasteiger partial charge >= 0.3 is 0 Å². The fourth-order valence-electron chi connectivity index (χ4n) is 2.32. The minimum Gasteiger partial charge on any atom is -0.457 e. The van der Waals surface area contributed by atoms with Crippen LogP contribution >= 0.6 is 11.6 Å². The van der Waals surface area contributed by atoms with Crippen molar-refractivity contribution in [2.24, 2.45) is 0 Å². The maximum atomic E-state index is 6.34. The minimum atomic E-state index is 0.687. The molecule has 0 saturated heterocycles. The van der Waals surface area contributed by atoms with Gasteiger partial charge in [-0.1, -0.05) is 35.4 Å². The first-order valence-corrected chi connectivity index (χ1v) is 7.76. The first-order chi connectivity index (χ1) is 10.1. The molecule has 0 amide bonds. The first-order valence-electron chi connectivity index (χ1n) is 7.39. The maximum Gasteiger partial charge on any atom is 0.130 e. The third-order valence-electron chi connectivity index (χ3n) is 3.74. The lowest BCUT2D eigenvalue weighted by atomic mass is 10.1. The van der Waals surface area contributed by atoms with Gasteiger partial charge in [-0.15, -0.1) is 0 Å². The van der Waals surface area contributed by atoms with E-state index in [1.165, 1.54) is 18.4 Å². The molecule has 3 rings (SSSR count). The number of ether oxygens (including phenoxy) is 1.